The molecule has 0 fully saturated rings. The molecule has 0 aliphatic carbocycles. The van der Waals surface area contributed by atoms with Crippen molar-refractivity contribution in [2.24, 2.45) is 19.1 Å². The van der Waals surface area contributed by atoms with Crippen LogP contribution in [0.2, 0.25) is 0 Å². The minimum Gasteiger partial charge on any atom is -0.495 e. The van der Waals surface area contributed by atoms with E-state index in [4.69, 9.17) is 15.5 Å². The fourth-order valence-electron chi connectivity index (χ4n) is 3.48. The summed E-state index contributed by atoms with van der Waals surface area (Å²) in [6.07, 6.45) is 0. The number of hydrogen-bond donors (Lipinski definition) is 1. The summed E-state index contributed by atoms with van der Waals surface area (Å²) < 4.78 is 8.37. The van der Waals surface area contributed by atoms with Crippen LogP contribution in [0.4, 0.5) is 11.4 Å². The summed E-state index contributed by atoms with van der Waals surface area (Å²) >= 11 is 0. The molecular weight excluding hydrogens is 352 g/mol. The third-order valence-electron chi connectivity index (χ3n) is 4.93. The molecule has 1 aromatic heterocycles. The van der Waals surface area contributed by atoms with E-state index in [1.165, 1.54) is 5.56 Å². The van der Waals surface area contributed by atoms with E-state index in [0.717, 1.165) is 28.1 Å². The summed E-state index contributed by atoms with van der Waals surface area (Å²) in [4.78, 5) is 17.6. The molecule has 0 aliphatic heterocycles. The summed E-state index contributed by atoms with van der Waals surface area (Å²) in [5.74, 6) is 0.603. The molecule has 3 aromatic rings. The van der Waals surface area contributed by atoms with Crippen LogP contribution in [0.1, 0.15) is 16.7 Å². The molecule has 2 N–H and O–H groups in total. The van der Waals surface area contributed by atoms with Crippen molar-refractivity contribution >= 4 is 11.4 Å². The molecule has 0 saturated heterocycles. The van der Waals surface area contributed by atoms with Crippen LogP contribution in [-0.4, -0.2) is 16.2 Å². The van der Waals surface area contributed by atoms with Crippen molar-refractivity contribution in [3.05, 3.63) is 69.1 Å². The van der Waals surface area contributed by atoms with Crippen LogP contribution in [0.25, 0.3) is 11.3 Å². The topological polar surface area (TPSA) is 74.5 Å². The molecule has 1 heterocycles. The lowest BCUT2D eigenvalue weighted by molar-refractivity contribution is 0.417. The number of nitrogens with two attached hydrogens (primary N) is 1. The first-order chi connectivity index (χ1) is 13.2. The molecule has 0 aliphatic rings. The molecule has 3 rings (SSSR count). The number of nitrogen functional groups attached to an aromatic ring is 1. The number of hydrogen-bond acceptors (Lipinski definition) is 4. The van der Waals surface area contributed by atoms with Gasteiger partial charge in [-0.1, -0.05) is 17.7 Å². The first kappa shape index (κ1) is 19.5. The molecule has 6 heteroatoms. The zero-order valence-electron chi connectivity index (χ0n) is 17.2. The van der Waals surface area contributed by atoms with Gasteiger partial charge >= 0.3 is 5.69 Å². The van der Waals surface area contributed by atoms with Crippen LogP contribution in [0, 0.1) is 20.8 Å². The normalized spacial score (nSPS) is 11.7. The highest BCUT2D eigenvalue weighted by Gasteiger charge is 2.10. The third kappa shape index (κ3) is 3.45. The van der Waals surface area contributed by atoms with E-state index < -0.39 is 0 Å². The quantitative estimate of drug-likeness (QED) is 0.712. The lowest BCUT2D eigenvalue weighted by Gasteiger charge is -2.13. The van der Waals surface area contributed by atoms with Gasteiger partial charge in [0.2, 0.25) is 0 Å². The van der Waals surface area contributed by atoms with Gasteiger partial charge in [0.05, 0.1) is 24.2 Å². The van der Waals surface area contributed by atoms with Crippen molar-refractivity contribution in [1.82, 2.24) is 9.13 Å². The minimum atomic E-state index is -0.159. The van der Waals surface area contributed by atoms with E-state index in [1.54, 1.807) is 42.5 Å². The van der Waals surface area contributed by atoms with Crippen LogP contribution >= 0.6 is 0 Å². The van der Waals surface area contributed by atoms with Gasteiger partial charge < -0.3 is 10.5 Å². The highest BCUT2D eigenvalue weighted by molar-refractivity contribution is 5.68. The lowest BCUT2D eigenvalue weighted by Crippen LogP contribution is -2.37. The second-order valence-electron chi connectivity index (χ2n) is 7.10. The average molecular weight is 378 g/mol. The van der Waals surface area contributed by atoms with Crippen LogP contribution < -0.4 is 21.6 Å². The Balaban J connectivity index is 2.28. The van der Waals surface area contributed by atoms with Crippen molar-refractivity contribution in [2.75, 3.05) is 12.8 Å². The highest BCUT2D eigenvalue weighted by atomic mass is 16.5. The Morgan fingerprint density at radius 3 is 2.18 bits per heavy atom. The molecule has 0 unspecified atom stereocenters. The number of rotatable bonds is 3. The van der Waals surface area contributed by atoms with Crippen molar-refractivity contribution in [2.45, 2.75) is 20.8 Å². The predicted octanol–water partition coefficient (Wildman–Crippen LogP) is 3.14. The predicted molar refractivity (Wildman–Crippen MR) is 113 cm³/mol. The van der Waals surface area contributed by atoms with Crippen LogP contribution in [-0.2, 0) is 14.1 Å². The molecule has 0 amide bonds. The molecule has 146 valence electrons. The first-order valence-electron chi connectivity index (χ1n) is 9.06. The summed E-state index contributed by atoms with van der Waals surface area (Å²) in [5.41, 5.74) is 12.8. The average Bonchev–Trinajstić information content (AvgIpc) is 2.64. The Hall–Kier alpha value is -3.28. The molecule has 0 bridgehead atoms. The Labute approximate surface area is 164 Å². The summed E-state index contributed by atoms with van der Waals surface area (Å²) in [5, 5.41) is 0. The minimum absolute atomic E-state index is 0.159. The van der Waals surface area contributed by atoms with Gasteiger partial charge in [0, 0.05) is 25.7 Å². The molecule has 6 nitrogen and oxygen atoms in total. The van der Waals surface area contributed by atoms with Gasteiger partial charge in [-0.25, -0.2) is 9.79 Å². The standard InChI is InChI=1S/C22H26N4O2/c1-13-9-14(2)21(15(3)10-13)24-20-12-18(25(4)22(27)26(20)5)16-7-8-19(28-6)17(23)11-16/h7-12H,23H2,1-6H3. The molecule has 0 atom stereocenters. The van der Waals surface area contributed by atoms with Gasteiger partial charge in [-0.3, -0.25) is 9.13 Å². The summed E-state index contributed by atoms with van der Waals surface area (Å²) in [6, 6.07) is 11.6. The van der Waals surface area contributed by atoms with Crippen molar-refractivity contribution in [3.8, 4) is 17.0 Å². The van der Waals surface area contributed by atoms with E-state index in [-0.39, 0.29) is 5.69 Å². The maximum Gasteiger partial charge on any atom is 0.329 e. The Morgan fingerprint density at radius 1 is 0.964 bits per heavy atom. The van der Waals surface area contributed by atoms with Gasteiger partial charge in [-0.05, 0) is 50.1 Å². The molecule has 28 heavy (non-hydrogen) atoms. The van der Waals surface area contributed by atoms with E-state index in [2.05, 4.69) is 19.1 Å². The number of aromatic nitrogens is 2. The second kappa shape index (κ2) is 7.38. The largest absolute Gasteiger partial charge is 0.495 e. The number of ether oxygens (including phenoxy) is 1. The Morgan fingerprint density at radius 2 is 1.61 bits per heavy atom. The Kier molecular flexibility index (Phi) is 5.14. The molecular formula is C22H26N4O2. The fourth-order valence-corrected chi connectivity index (χ4v) is 3.48. The van der Waals surface area contributed by atoms with Crippen molar-refractivity contribution < 1.29 is 4.74 Å². The molecule has 2 aromatic carbocycles. The zero-order valence-corrected chi connectivity index (χ0v) is 17.2. The van der Waals surface area contributed by atoms with E-state index >= 15 is 0 Å². The van der Waals surface area contributed by atoms with Crippen molar-refractivity contribution in [1.29, 1.82) is 0 Å². The van der Waals surface area contributed by atoms with Gasteiger partial charge in [0.1, 0.15) is 11.2 Å². The van der Waals surface area contributed by atoms with E-state index in [0.29, 0.717) is 16.9 Å². The summed E-state index contributed by atoms with van der Waals surface area (Å²) in [6.45, 7) is 6.13. The van der Waals surface area contributed by atoms with Crippen molar-refractivity contribution in [3.63, 3.8) is 0 Å². The van der Waals surface area contributed by atoms with E-state index in [1.807, 2.05) is 26.0 Å². The number of benzene rings is 2. The van der Waals surface area contributed by atoms with Gasteiger partial charge in [0.15, 0.2) is 0 Å². The smallest absolute Gasteiger partial charge is 0.329 e. The highest BCUT2D eigenvalue weighted by Crippen LogP contribution is 2.27. The number of aryl methyl sites for hydroxylation is 3. The van der Waals surface area contributed by atoms with E-state index in [9.17, 15) is 4.79 Å². The third-order valence-corrected chi connectivity index (χ3v) is 4.93. The summed E-state index contributed by atoms with van der Waals surface area (Å²) in [7, 11) is 5.04. The second-order valence-corrected chi connectivity index (χ2v) is 7.10. The van der Waals surface area contributed by atoms with Crippen LogP contribution in [0.15, 0.2) is 46.2 Å². The van der Waals surface area contributed by atoms with Crippen LogP contribution in [0.3, 0.4) is 0 Å². The number of anilines is 1. The number of nitrogens with zero attached hydrogens (tertiary/aromatic N) is 3. The monoisotopic (exact) mass is 378 g/mol. The Bertz CT molecular complexity index is 1160. The van der Waals surface area contributed by atoms with Gasteiger partial charge in [0.25, 0.3) is 0 Å². The molecule has 0 spiro atoms. The fraction of sp³-hybridized carbons (Fsp3) is 0.273. The molecule has 0 saturated carbocycles. The zero-order chi connectivity index (χ0) is 20.6. The lowest BCUT2D eigenvalue weighted by atomic mass is 10.1. The SMILES string of the molecule is COc1ccc(-c2cc(=Nc3c(C)cc(C)cc3C)n(C)c(=O)n2C)cc1N. The number of methoxy groups -OCH3 is 1. The van der Waals surface area contributed by atoms with Crippen LogP contribution in [0.5, 0.6) is 5.75 Å². The van der Waals surface area contributed by atoms with Gasteiger partial charge in [-0.15, -0.1) is 0 Å². The van der Waals surface area contributed by atoms with Gasteiger partial charge in [-0.2, -0.15) is 0 Å². The maximum atomic E-state index is 12.8. The first-order valence-corrected chi connectivity index (χ1v) is 9.06. The molecule has 0 radical (unpaired) electrons. The maximum absolute atomic E-state index is 12.8.